The molecule has 0 saturated carbocycles. The summed E-state index contributed by atoms with van der Waals surface area (Å²) < 4.78 is 27.4. The summed E-state index contributed by atoms with van der Waals surface area (Å²) >= 11 is 1.23. The lowest BCUT2D eigenvalue weighted by atomic mass is 10.1. The standard InChI is InChI=1S/C17H11F2NOS/c1-10(21)16-13(18)5-3-7-15(16)22-12-8-11-4-2-6-14(19)17(11)20-9-12/h2-9H,1H3. The molecule has 0 radical (unpaired) electrons. The van der Waals surface area contributed by atoms with Crippen molar-refractivity contribution in [3.8, 4) is 0 Å². The highest BCUT2D eigenvalue weighted by molar-refractivity contribution is 7.99. The quantitative estimate of drug-likeness (QED) is 0.646. The summed E-state index contributed by atoms with van der Waals surface area (Å²) in [6, 6.07) is 11.0. The van der Waals surface area contributed by atoms with E-state index in [-0.39, 0.29) is 22.7 Å². The summed E-state index contributed by atoms with van der Waals surface area (Å²) in [5.74, 6) is -1.26. The molecule has 0 aliphatic carbocycles. The Morgan fingerprint density at radius 2 is 1.82 bits per heavy atom. The minimum absolute atomic E-state index is 0.0619. The van der Waals surface area contributed by atoms with Crippen molar-refractivity contribution in [2.24, 2.45) is 0 Å². The van der Waals surface area contributed by atoms with Crippen molar-refractivity contribution < 1.29 is 13.6 Å². The minimum Gasteiger partial charge on any atom is -0.294 e. The third-order valence-electron chi connectivity index (χ3n) is 3.19. The Bertz CT molecular complexity index is 880. The van der Waals surface area contributed by atoms with Gasteiger partial charge in [0.1, 0.15) is 17.2 Å². The monoisotopic (exact) mass is 315 g/mol. The molecule has 1 aromatic heterocycles. The second-order valence-corrected chi connectivity index (χ2v) is 5.87. The summed E-state index contributed by atoms with van der Waals surface area (Å²) in [6.45, 7) is 1.33. The maximum Gasteiger partial charge on any atom is 0.163 e. The Balaban J connectivity index is 2.04. The largest absolute Gasteiger partial charge is 0.294 e. The lowest BCUT2D eigenvalue weighted by Gasteiger charge is -2.08. The highest BCUT2D eigenvalue weighted by atomic mass is 32.2. The Labute approximate surface area is 130 Å². The first-order valence-electron chi connectivity index (χ1n) is 6.58. The van der Waals surface area contributed by atoms with Crippen molar-refractivity contribution in [1.29, 1.82) is 0 Å². The van der Waals surface area contributed by atoms with Crippen molar-refractivity contribution >= 4 is 28.4 Å². The van der Waals surface area contributed by atoms with Crippen LogP contribution in [0.5, 0.6) is 0 Å². The highest BCUT2D eigenvalue weighted by Crippen LogP contribution is 2.33. The second-order valence-electron chi connectivity index (χ2n) is 4.75. The number of hydrogen-bond acceptors (Lipinski definition) is 3. The van der Waals surface area contributed by atoms with E-state index in [1.165, 1.54) is 37.0 Å². The molecule has 0 atom stereocenters. The number of carbonyl (C=O) groups is 1. The fourth-order valence-corrected chi connectivity index (χ4v) is 3.25. The SMILES string of the molecule is CC(=O)c1c(F)cccc1Sc1cnc2c(F)cccc2c1. The smallest absolute Gasteiger partial charge is 0.163 e. The summed E-state index contributed by atoms with van der Waals surface area (Å²) in [7, 11) is 0. The van der Waals surface area contributed by atoms with Gasteiger partial charge >= 0.3 is 0 Å². The molecule has 0 N–H and O–H groups in total. The molecule has 0 amide bonds. The van der Waals surface area contributed by atoms with Crippen LogP contribution in [0.1, 0.15) is 17.3 Å². The van der Waals surface area contributed by atoms with Gasteiger partial charge in [0.25, 0.3) is 0 Å². The number of ketones is 1. The average Bonchev–Trinajstić information content (AvgIpc) is 2.47. The molecule has 2 nitrogen and oxygen atoms in total. The molecule has 0 spiro atoms. The molecule has 5 heteroatoms. The predicted octanol–water partition coefficient (Wildman–Crippen LogP) is 4.87. The summed E-state index contributed by atoms with van der Waals surface area (Å²) in [4.78, 5) is 16.9. The van der Waals surface area contributed by atoms with Gasteiger partial charge in [0.2, 0.25) is 0 Å². The summed E-state index contributed by atoms with van der Waals surface area (Å²) in [6.07, 6.45) is 1.52. The maximum atomic E-state index is 13.8. The van der Waals surface area contributed by atoms with E-state index in [2.05, 4.69) is 4.98 Å². The first kappa shape index (κ1) is 14.7. The zero-order valence-electron chi connectivity index (χ0n) is 11.6. The van der Waals surface area contributed by atoms with Crippen molar-refractivity contribution in [2.45, 2.75) is 16.7 Å². The van der Waals surface area contributed by atoms with Gasteiger partial charge in [0.15, 0.2) is 5.78 Å². The van der Waals surface area contributed by atoms with Crippen LogP contribution in [0.3, 0.4) is 0 Å². The van der Waals surface area contributed by atoms with Crippen molar-refractivity contribution in [2.75, 3.05) is 0 Å². The van der Waals surface area contributed by atoms with Crippen LogP contribution in [-0.2, 0) is 0 Å². The van der Waals surface area contributed by atoms with Gasteiger partial charge in [-0.15, -0.1) is 0 Å². The molecule has 0 bridgehead atoms. The number of aromatic nitrogens is 1. The van der Waals surface area contributed by atoms with E-state index < -0.39 is 5.82 Å². The van der Waals surface area contributed by atoms with Gasteiger partial charge < -0.3 is 0 Å². The summed E-state index contributed by atoms with van der Waals surface area (Å²) in [5.41, 5.74) is 0.352. The number of rotatable bonds is 3. The van der Waals surface area contributed by atoms with Gasteiger partial charge in [0, 0.05) is 21.4 Å². The van der Waals surface area contributed by atoms with Gasteiger partial charge in [-0.3, -0.25) is 9.78 Å². The highest BCUT2D eigenvalue weighted by Gasteiger charge is 2.14. The Kier molecular flexibility index (Phi) is 3.90. The third-order valence-corrected chi connectivity index (χ3v) is 4.21. The first-order valence-corrected chi connectivity index (χ1v) is 7.39. The minimum atomic E-state index is -0.544. The normalized spacial score (nSPS) is 10.9. The number of pyridine rings is 1. The lowest BCUT2D eigenvalue weighted by molar-refractivity contribution is 0.101. The molecule has 0 aliphatic rings. The van der Waals surface area contributed by atoms with E-state index in [0.29, 0.717) is 15.2 Å². The van der Waals surface area contributed by atoms with Crippen LogP contribution in [0.2, 0.25) is 0 Å². The fourth-order valence-electron chi connectivity index (χ4n) is 2.22. The number of Topliss-reactive ketones (excluding diaryl/α,β-unsaturated/α-hetero) is 1. The molecule has 2 aromatic carbocycles. The van der Waals surface area contributed by atoms with E-state index in [4.69, 9.17) is 0 Å². The van der Waals surface area contributed by atoms with Crippen molar-refractivity contribution in [1.82, 2.24) is 4.98 Å². The molecule has 22 heavy (non-hydrogen) atoms. The molecule has 3 rings (SSSR count). The summed E-state index contributed by atoms with van der Waals surface area (Å²) in [5, 5.41) is 0.658. The molecular formula is C17H11F2NOS. The Hall–Kier alpha value is -2.27. The van der Waals surface area contributed by atoms with E-state index in [1.54, 1.807) is 30.3 Å². The van der Waals surface area contributed by atoms with Crippen LogP contribution in [0.4, 0.5) is 8.78 Å². The molecule has 3 aromatic rings. The first-order chi connectivity index (χ1) is 10.6. The molecular weight excluding hydrogens is 304 g/mol. The Morgan fingerprint density at radius 3 is 2.59 bits per heavy atom. The topological polar surface area (TPSA) is 30.0 Å². The number of halogens is 2. The molecule has 110 valence electrons. The van der Waals surface area contributed by atoms with E-state index in [1.807, 2.05) is 0 Å². The van der Waals surface area contributed by atoms with Gasteiger partial charge in [-0.2, -0.15) is 0 Å². The van der Waals surface area contributed by atoms with Crippen LogP contribution < -0.4 is 0 Å². The zero-order valence-corrected chi connectivity index (χ0v) is 12.5. The number of fused-ring (bicyclic) bond motifs is 1. The molecule has 0 fully saturated rings. The number of carbonyl (C=O) groups excluding carboxylic acids is 1. The fraction of sp³-hybridized carbons (Fsp3) is 0.0588. The maximum absolute atomic E-state index is 13.8. The van der Waals surface area contributed by atoms with Gasteiger partial charge in [-0.1, -0.05) is 30.0 Å². The van der Waals surface area contributed by atoms with Crippen LogP contribution in [-0.4, -0.2) is 10.8 Å². The number of benzene rings is 2. The number of para-hydroxylation sites is 1. The lowest BCUT2D eigenvalue weighted by Crippen LogP contribution is -1.99. The zero-order chi connectivity index (χ0) is 15.7. The molecule has 0 saturated heterocycles. The van der Waals surface area contributed by atoms with Crippen molar-refractivity contribution in [3.63, 3.8) is 0 Å². The average molecular weight is 315 g/mol. The van der Waals surface area contributed by atoms with Crippen LogP contribution in [0, 0.1) is 11.6 Å². The molecule has 1 heterocycles. The second kappa shape index (κ2) is 5.85. The van der Waals surface area contributed by atoms with Crippen LogP contribution in [0.15, 0.2) is 58.5 Å². The van der Waals surface area contributed by atoms with E-state index in [9.17, 15) is 13.6 Å². The van der Waals surface area contributed by atoms with E-state index >= 15 is 0 Å². The van der Waals surface area contributed by atoms with Crippen LogP contribution in [0.25, 0.3) is 10.9 Å². The molecule has 0 aliphatic heterocycles. The molecule has 0 unspecified atom stereocenters. The third kappa shape index (κ3) is 2.72. The number of nitrogens with zero attached hydrogens (tertiary/aromatic N) is 1. The van der Waals surface area contributed by atoms with Gasteiger partial charge in [-0.05, 0) is 31.2 Å². The predicted molar refractivity (Wildman–Crippen MR) is 82.2 cm³/mol. The van der Waals surface area contributed by atoms with Gasteiger partial charge in [0.05, 0.1) is 5.56 Å². The number of hydrogen-bond donors (Lipinski definition) is 0. The van der Waals surface area contributed by atoms with E-state index in [0.717, 1.165) is 0 Å². The van der Waals surface area contributed by atoms with Crippen molar-refractivity contribution in [3.05, 3.63) is 65.9 Å². The Morgan fingerprint density at radius 1 is 1.09 bits per heavy atom. The van der Waals surface area contributed by atoms with Gasteiger partial charge in [-0.25, -0.2) is 8.78 Å². The van der Waals surface area contributed by atoms with Crippen LogP contribution >= 0.6 is 11.8 Å².